The molecular weight excluding hydrogens is 192 g/mol. The summed E-state index contributed by atoms with van der Waals surface area (Å²) < 4.78 is 1.41. The molecule has 0 amide bonds. The summed E-state index contributed by atoms with van der Waals surface area (Å²) >= 11 is 0. The Hall–Kier alpha value is -1.88. The van der Waals surface area contributed by atoms with Gasteiger partial charge in [0.25, 0.3) is 5.56 Å². The zero-order chi connectivity index (χ0) is 10.7. The summed E-state index contributed by atoms with van der Waals surface area (Å²) in [5, 5.41) is 2.86. The monoisotopic (exact) mass is 204 g/mol. The van der Waals surface area contributed by atoms with Crippen LogP contribution in [0.1, 0.15) is 5.56 Å². The first-order valence-electron chi connectivity index (χ1n) is 4.73. The number of nitrogens with one attached hydrogen (secondary N) is 1. The standard InChI is InChI=1S/C10H12N4O/c11-5-4-8-7-13-14(10(8)15)9-3-1-2-6-12-9/h1-3,6-7,13H,4-5,11H2. The van der Waals surface area contributed by atoms with Crippen LogP contribution >= 0.6 is 0 Å². The number of aromatic nitrogens is 3. The lowest BCUT2D eigenvalue weighted by Gasteiger charge is -1.97. The lowest BCUT2D eigenvalue weighted by molar-refractivity contribution is 0.814. The third-order valence-electron chi connectivity index (χ3n) is 2.14. The second-order valence-electron chi connectivity index (χ2n) is 3.17. The van der Waals surface area contributed by atoms with Gasteiger partial charge in [-0.1, -0.05) is 6.07 Å². The van der Waals surface area contributed by atoms with E-state index in [1.165, 1.54) is 4.68 Å². The van der Waals surface area contributed by atoms with Crippen LogP contribution in [0.3, 0.4) is 0 Å². The molecule has 0 aliphatic heterocycles. The summed E-state index contributed by atoms with van der Waals surface area (Å²) in [5.41, 5.74) is 6.00. The van der Waals surface area contributed by atoms with Gasteiger partial charge in [0.1, 0.15) is 0 Å². The highest BCUT2D eigenvalue weighted by molar-refractivity contribution is 5.22. The van der Waals surface area contributed by atoms with Gasteiger partial charge in [-0.05, 0) is 25.1 Å². The first-order valence-corrected chi connectivity index (χ1v) is 4.73. The maximum absolute atomic E-state index is 11.8. The molecule has 3 N–H and O–H groups in total. The Labute approximate surface area is 86.5 Å². The van der Waals surface area contributed by atoms with E-state index < -0.39 is 0 Å². The van der Waals surface area contributed by atoms with Crippen molar-refractivity contribution in [2.75, 3.05) is 6.54 Å². The first kappa shape index (κ1) is 9.67. The van der Waals surface area contributed by atoms with Crippen molar-refractivity contribution in [2.45, 2.75) is 6.42 Å². The van der Waals surface area contributed by atoms with Gasteiger partial charge in [-0.3, -0.25) is 9.89 Å². The van der Waals surface area contributed by atoms with Crippen molar-refractivity contribution in [3.63, 3.8) is 0 Å². The Bertz CT molecular complexity index is 486. The Kier molecular flexibility index (Phi) is 2.64. The summed E-state index contributed by atoms with van der Waals surface area (Å²) in [6.07, 6.45) is 3.89. The van der Waals surface area contributed by atoms with Gasteiger partial charge < -0.3 is 5.73 Å². The van der Waals surface area contributed by atoms with E-state index in [1.54, 1.807) is 24.5 Å². The van der Waals surface area contributed by atoms with E-state index in [1.807, 2.05) is 6.07 Å². The van der Waals surface area contributed by atoms with Crippen LogP contribution in [0.2, 0.25) is 0 Å². The van der Waals surface area contributed by atoms with Crippen LogP contribution in [0.15, 0.2) is 35.4 Å². The predicted octanol–water partition coefficient (Wildman–Crippen LogP) is 0.0618. The third-order valence-corrected chi connectivity index (χ3v) is 2.14. The van der Waals surface area contributed by atoms with Crippen LogP contribution in [0, 0.1) is 0 Å². The minimum atomic E-state index is -0.0841. The molecular formula is C10H12N4O. The number of pyridine rings is 1. The predicted molar refractivity (Wildman–Crippen MR) is 56.9 cm³/mol. The van der Waals surface area contributed by atoms with Crippen molar-refractivity contribution in [1.29, 1.82) is 0 Å². The fraction of sp³-hybridized carbons (Fsp3) is 0.200. The minimum Gasteiger partial charge on any atom is -0.330 e. The number of hydrogen-bond donors (Lipinski definition) is 2. The molecule has 0 aromatic carbocycles. The highest BCUT2D eigenvalue weighted by Crippen LogP contribution is 1.99. The molecule has 0 bridgehead atoms. The molecule has 2 rings (SSSR count). The van der Waals surface area contributed by atoms with Crippen LogP contribution < -0.4 is 11.3 Å². The average molecular weight is 204 g/mol. The molecule has 0 spiro atoms. The van der Waals surface area contributed by atoms with Crippen molar-refractivity contribution in [3.8, 4) is 5.82 Å². The van der Waals surface area contributed by atoms with E-state index in [4.69, 9.17) is 5.73 Å². The molecule has 15 heavy (non-hydrogen) atoms. The zero-order valence-electron chi connectivity index (χ0n) is 8.18. The summed E-state index contributed by atoms with van der Waals surface area (Å²) in [6, 6.07) is 5.40. The summed E-state index contributed by atoms with van der Waals surface area (Å²) in [5.74, 6) is 0.589. The number of aromatic amines is 1. The smallest absolute Gasteiger partial charge is 0.275 e. The van der Waals surface area contributed by atoms with E-state index in [-0.39, 0.29) is 5.56 Å². The highest BCUT2D eigenvalue weighted by atomic mass is 16.1. The van der Waals surface area contributed by atoms with Gasteiger partial charge in [0.2, 0.25) is 0 Å². The van der Waals surface area contributed by atoms with Gasteiger partial charge in [-0.25, -0.2) is 9.67 Å². The van der Waals surface area contributed by atoms with Gasteiger partial charge in [-0.2, -0.15) is 0 Å². The van der Waals surface area contributed by atoms with Crippen molar-refractivity contribution >= 4 is 0 Å². The number of nitrogens with two attached hydrogens (primary N) is 1. The maximum atomic E-state index is 11.8. The van der Waals surface area contributed by atoms with Crippen LogP contribution in [0.4, 0.5) is 0 Å². The van der Waals surface area contributed by atoms with Crippen molar-refractivity contribution < 1.29 is 0 Å². The second-order valence-corrected chi connectivity index (χ2v) is 3.17. The van der Waals surface area contributed by atoms with Gasteiger partial charge in [0, 0.05) is 18.0 Å². The molecule has 2 heterocycles. The normalized spacial score (nSPS) is 10.5. The summed E-state index contributed by atoms with van der Waals surface area (Å²) in [6.45, 7) is 0.468. The average Bonchev–Trinajstić information content (AvgIpc) is 2.63. The van der Waals surface area contributed by atoms with Gasteiger partial charge in [0.15, 0.2) is 5.82 Å². The van der Waals surface area contributed by atoms with Gasteiger partial charge in [0.05, 0.1) is 0 Å². The molecule has 5 heteroatoms. The molecule has 0 saturated heterocycles. The quantitative estimate of drug-likeness (QED) is 0.742. The molecule has 5 nitrogen and oxygen atoms in total. The first-order chi connectivity index (χ1) is 7.33. The van der Waals surface area contributed by atoms with Crippen LogP contribution in [0.5, 0.6) is 0 Å². The number of rotatable bonds is 3. The highest BCUT2D eigenvalue weighted by Gasteiger charge is 2.06. The van der Waals surface area contributed by atoms with Crippen molar-refractivity contribution in [1.82, 2.24) is 14.8 Å². The number of nitrogens with zero attached hydrogens (tertiary/aromatic N) is 2. The number of hydrogen-bond acceptors (Lipinski definition) is 3. The fourth-order valence-electron chi connectivity index (χ4n) is 1.40. The molecule has 0 aliphatic rings. The molecule has 0 aliphatic carbocycles. The number of H-pyrrole nitrogens is 1. The van der Waals surface area contributed by atoms with Gasteiger partial charge >= 0.3 is 0 Å². The Morgan fingerprint density at radius 3 is 3.00 bits per heavy atom. The van der Waals surface area contributed by atoms with Crippen LogP contribution in [0.25, 0.3) is 5.82 Å². The van der Waals surface area contributed by atoms with Crippen LogP contribution in [-0.4, -0.2) is 21.3 Å². The fourth-order valence-corrected chi connectivity index (χ4v) is 1.40. The van der Waals surface area contributed by atoms with E-state index in [9.17, 15) is 4.79 Å². The molecule has 0 radical (unpaired) electrons. The second kappa shape index (κ2) is 4.10. The van der Waals surface area contributed by atoms with E-state index in [2.05, 4.69) is 10.1 Å². The van der Waals surface area contributed by atoms with Crippen molar-refractivity contribution in [2.24, 2.45) is 5.73 Å². The summed E-state index contributed by atoms with van der Waals surface area (Å²) in [4.78, 5) is 15.9. The van der Waals surface area contributed by atoms with E-state index in [0.29, 0.717) is 24.3 Å². The summed E-state index contributed by atoms with van der Waals surface area (Å²) in [7, 11) is 0. The Morgan fingerprint density at radius 2 is 2.33 bits per heavy atom. The molecule has 0 unspecified atom stereocenters. The van der Waals surface area contributed by atoms with Crippen molar-refractivity contribution in [3.05, 3.63) is 46.5 Å². The lowest BCUT2D eigenvalue weighted by atomic mass is 10.2. The Morgan fingerprint density at radius 1 is 1.47 bits per heavy atom. The largest absolute Gasteiger partial charge is 0.330 e. The van der Waals surface area contributed by atoms with E-state index in [0.717, 1.165) is 0 Å². The molecule has 2 aromatic rings. The minimum absolute atomic E-state index is 0.0841. The van der Waals surface area contributed by atoms with Crippen LogP contribution in [-0.2, 0) is 6.42 Å². The topological polar surface area (TPSA) is 76.7 Å². The molecule has 78 valence electrons. The van der Waals surface area contributed by atoms with Gasteiger partial charge in [-0.15, -0.1) is 0 Å². The van der Waals surface area contributed by atoms with E-state index >= 15 is 0 Å². The SMILES string of the molecule is NCCc1c[nH]n(-c2ccccn2)c1=O. The molecule has 0 fully saturated rings. The lowest BCUT2D eigenvalue weighted by Crippen LogP contribution is -2.19. The Balaban J connectivity index is 2.43. The molecule has 0 saturated carbocycles. The maximum Gasteiger partial charge on any atom is 0.275 e. The third kappa shape index (κ3) is 1.82. The zero-order valence-corrected chi connectivity index (χ0v) is 8.18. The molecule has 0 atom stereocenters. The molecule has 2 aromatic heterocycles.